The van der Waals surface area contributed by atoms with Crippen LogP contribution in [-0.2, 0) is 0 Å². The van der Waals surface area contributed by atoms with Crippen molar-refractivity contribution < 1.29 is 4.79 Å². The van der Waals surface area contributed by atoms with Gasteiger partial charge in [0.2, 0.25) is 0 Å². The Kier molecular flexibility index (Phi) is 5.65. The highest BCUT2D eigenvalue weighted by atomic mass is 35.5. The van der Waals surface area contributed by atoms with Gasteiger partial charge in [-0.15, -0.1) is 0 Å². The first-order chi connectivity index (χ1) is 17.0. The number of nitrogens with zero attached hydrogens (tertiary/aromatic N) is 4. The first-order valence-electron chi connectivity index (χ1n) is 12.2. The minimum absolute atomic E-state index is 0.135. The SMILES string of the molecule is Cc1ccc(-c2ccccc2)c(C(=O)N2CC3CC(C2)CN(c2cnc4ccc(Cl)cc4n2)C3)c1. The van der Waals surface area contributed by atoms with Crippen LogP contribution in [0.4, 0.5) is 5.82 Å². The molecule has 176 valence electrons. The molecule has 6 heteroatoms. The average Bonchev–Trinajstić information content (AvgIpc) is 2.87. The molecule has 35 heavy (non-hydrogen) atoms. The highest BCUT2D eigenvalue weighted by Crippen LogP contribution is 2.33. The van der Waals surface area contributed by atoms with Crippen molar-refractivity contribution in [3.63, 3.8) is 0 Å². The van der Waals surface area contributed by atoms with E-state index < -0.39 is 0 Å². The van der Waals surface area contributed by atoms with Crippen molar-refractivity contribution in [2.75, 3.05) is 31.1 Å². The first-order valence-corrected chi connectivity index (χ1v) is 12.5. The average molecular weight is 483 g/mol. The monoisotopic (exact) mass is 482 g/mol. The summed E-state index contributed by atoms with van der Waals surface area (Å²) in [7, 11) is 0. The van der Waals surface area contributed by atoms with Gasteiger partial charge >= 0.3 is 0 Å². The molecule has 6 rings (SSSR count). The van der Waals surface area contributed by atoms with Gasteiger partial charge in [-0.3, -0.25) is 9.78 Å². The summed E-state index contributed by atoms with van der Waals surface area (Å²) in [6.45, 7) is 5.33. The van der Waals surface area contributed by atoms with Gasteiger partial charge in [0.25, 0.3) is 5.91 Å². The maximum Gasteiger partial charge on any atom is 0.254 e. The molecule has 2 unspecified atom stereocenters. The lowest BCUT2D eigenvalue weighted by Crippen LogP contribution is -2.54. The summed E-state index contributed by atoms with van der Waals surface area (Å²) < 4.78 is 0. The van der Waals surface area contributed by atoms with E-state index in [1.807, 2.05) is 55.6 Å². The van der Waals surface area contributed by atoms with E-state index in [0.717, 1.165) is 71.7 Å². The number of halogens is 1. The van der Waals surface area contributed by atoms with Crippen molar-refractivity contribution in [1.82, 2.24) is 14.9 Å². The number of piperidine rings is 2. The number of aryl methyl sites for hydroxylation is 1. The fourth-order valence-electron chi connectivity index (χ4n) is 5.64. The van der Waals surface area contributed by atoms with Gasteiger partial charge in [0.15, 0.2) is 0 Å². The molecule has 1 aromatic heterocycles. The molecule has 2 aliphatic heterocycles. The Morgan fingerprint density at radius 2 is 1.69 bits per heavy atom. The lowest BCUT2D eigenvalue weighted by Gasteiger charge is -2.46. The van der Waals surface area contributed by atoms with Gasteiger partial charge in [0.05, 0.1) is 17.2 Å². The maximum atomic E-state index is 13.8. The maximum absolute atomic E-state index is 13.8. The van der Waals surface area contributed by atoms with Crippen LogP contribution in [0.1, 0.15) is 22.3 Å². The molecule has 0 spiro atoms. The van der Waals surface area contributed by atoms with Crippen LogP contribution < -0.4 is 4.90 Å². The second-order valence-corrected chi connectivity index (χ2v) is 10.3. The molecule has 2 atom stereocenters. The lowest BCUT2D eigenvalue weighted by molar-refractivity contribution is 0.0565. The van der Waals surface area contributed by atoms with Gasteiger partial charge in [0, 0.05) is 36.8 Å². The summed E-state index contributed by atoms with van der Waals surface area (Å²) in [5.41, 5.74) is 5.64. The Hall–Kier alpha value is -3.44. The molecule has 2 saturated heterocycles. The lowest BCUT2D eigenvalue weighted by atomic mass is 9.84. The van der Waals surface area contributed by atoms with Crippen LogP contribution in [0.15, 0.2) is 72.9 Å². The van der Waals surface area contributed by atoms with Gasteiger partial charge in [0.1, 0.15) is 5.82 Å². The van der Waals surface area contributed by atoms with Gasteiger partial charge in [-0.05, 0) is 60.6 Å². The summed E-state index contributed by atoms with van der Waals surface area (Å²) in [6.07, 6.45) is 3.01. The molecular weight excluding hydrogens is 456 g/mol. The predicted octanol–water partition coefficient (Wildman–Crippen LogP) is 5.86. The summed E-state index contributed by atoms with van der Waals surface area (Å²) in [5, 5.41) is 0.666. The highest BCUT2D eigenvalue weighted by molar-refractivity contribution is 6.31. The number of benzene rings is 3. The fourth-order valence-corrected chi connectivity index (χ4v) is 5.80. The fraction of sp³-hybridized carbons (Fsp3) is 0.276. The summed E-state index contributed by atoms with van der Waals surface area (Å²) in [4.78, 5) is 27.6. The third-order valence-electron chi connectivity index (χ3n) is 7.17. The molecule has 3 aromatic carbocycles. The van der Waals surface area contributed by atoms with E-state index >= 15 is 0 Å². The number of fused-ring (bicyclic) bond motifs is 3. The van der Waals surface area contributed by atoms with Crippen molar-refractivity contribution in [3.05, 3.63) is 89.1 Å². The first kappa shape index (κ1) is 22.1. The van der Waals surface area contributed by atoms with Crippen molar-refractivity contribution >= 4 is 34.4 Å². The van der Waals surface area contributed by atoms with Crippen LogP contribution in [0.2, 0.25) is 5.02 Å². The van der Waals surface area contributed by atoms with Crippen molar-refractivity contribution in [3.8, 4) is 11.1 Å². The molecule has 0 saturated carbocycles. The molecule has 2 fully saturated rings. The molecule has 0 aliphatic carbocycles. The number of rotatable bonds is 3. The number of amides is 1. The summed E-state index contributed by atoms with van der Waals surface area (Å²) >= 11 is 6.17. The van der Waals surface area contributed by atoms with E-state index in [4.69, 9.17) is 16.6 Å². The Morgan fingerprint density at radius 3 is 2.46 bits per heavy atom. The number of anilines is 1. The molecule has 3 heterocycles. The quantitative estimate of drug-likeness (QED) is 0.367. The third-order valence-corrected chi connectivity index (χ3v) is 7.41. The molecule has 0 radical (unpaired) electrons. The Bertz CT molecular complexity index is 1390. The number of carbonyl (C=O) groups is 1. The van der Waals surface area contributed by atoms with E-state index in [0.29, 0.717) is 16.9 Å². The van der Waals surface area contributed by atoms with E-state index in [-0.39, 0.29) is 5.91 Å². The van der Waals surface area contributed by atoms with Crippen LogP contribution in [0.3, 0.4) is 0 Å². The van der Waals surface area contributed by atoms with Crippen LogP contribution >= 0.6 is 11.6 Å². The summed E-state index contributed by atoms with van der Waals surface area (Å²) in [5.74, 6) is 1.84. The molecule has 2 aliphatic rings. The van der Waals surface area contributed by atoms with E-state index in [2.05, 4.69) is 39.0 Å². The highest BCUT2D eigenvalue weighted by Gasteiger charge is 2.37. The van der Waals surface area contributed by atoms with Gasteiger partial charge in [-0.25, -0.2) is 4.98 Å². The minimum atomic E-state index is 0.135. The minimum Gasteiger partial charge on any atom is -0.355 e. The van der Waals surface area contributed by atoms with Crippen LogP contribution in [0.5, 0.6) is 0 Å². The van der Waals surface area contributed by atoms with Crippen LogP contribution in [0, 0.1) is 18.8 Å². The van der Waals surface area contributed by atoms with Gasteiger partial charge in [-0.1, -0.05) is 59.6 Å². The number of aromatic nitrogens is 2. The van der Waals surface area contributed by atoms with Crippen molar-refractivity contribution in [1.29, 1.82) is 0 Å². The largest absolute Gasteiger partial charge is 0.355 e. The molecule has 2 bridgehead atoms. The molecule has 4 aromatic rings. The van der Waals surface area contributed by atoms with Crippen LogP contribution in [-0.4, -0.2) is 47.0 Å². The smallest absolute Gasteiger partial charge is 0.254 e. The van der Waals surface area contributed by atoms with Crippen molar-refractivity contribution in [2.24, 2.45) is 11.8 Å². The molecule has 5 nitrogen and oxygen atoms in total. The molecule has 1 amide bonds. The second kappa shape index (κ2) is 8.97. The third kappa shape index (κ3) is 4.37. The van der Waals surface area contributed by atoms with E-state index in [1.165, 1.54) is 0 Å². The molecule has 0 N–H and O–H groups in total. The van der Waals surface area contributed by atoms with Crippen LogP contribution in [0.25, 0.3) is 22.2 Å². The Balaban J connectivity index is 1.23. The van der Waals surface area contributed by atoms with Gasteiger partial charge < -0.3 is 9.80 Å². The van der Waals surface area contributed by atoms with E-state index in [9.17, 15) is 4.79 Å². The standard InChI is InChI=1S/C29H27ClN4O/c1-19-7-9-24(22-5-3-2-4-6-22)25(11-19)29(35)34-17-20-12-21(18-34)16-33(15-20)28-14-31-26-10-8-23(30)13-27(26)32-28/h2-11,13-14,20-21H,12,15-18H2,1H3. The second-order valence-electron chi connectivity index (χ2n) is 9.86. The van der Waals surface area contributed by atoms with Gasteiger partial charge in [-0.2, -0.15) is 0 Å². The predicted molar refractivity (Wildman–Crippen MR) is 141 cm³/mol. The zero-order chi connectivity index (χ0) is 23.9. The summed E-state index contributed by atoms with van der Waals surface area (Å²) in [6, 6.07) is 22.0. The van der Waals surface area contributed by atoms with E-state index in [1.54, 1.807) is 0 Å². The molecular formula is C29H27ClN4O. The number of hydrogen-bond acceptors (Lipinski definition) is 4. The zero-order valence-corrected chi connectivity index (χ0v) is 20.4. The normalized spacial score (nSPS) is 19.7. The zero-order valence-electron chi connectivity index (χ0n) is 19.7. The topological polar surface area (TPSA) is 49.3 Å². The van der Waals surface area contributed by atoms with Crippen molar-refractivity contribution in [2.45, 2.75) is 13.3 Å². The number of likely N-dealkylation sites (tertiary alicyclic amines) is 1. The Labute approximate surface area is 210 Å². The number of hydrogen-bond donors (Lipinski definition) is 0. The number of carbonyl (C=O) groups excluding carboxylic acids is 1. The Morgan fingerprint density at radius 1 is 0.914 bits per heavy atom.